The third-order valence-corrected chi connectivity index (χ3v) is 4.09. The number of aromatic amines is 1. The van der Waals surface area contributed by atoms with Crippen LogP contribution in [0.25, 0.3) is 11.3 Å². The van der Waals surface area contributed by atoms with Crippen LogP contribution in [0.3, 0.4) is 0 Å². The minimum absolute atomic E-state index is 0.160. The number of likely N-dealkylation sites (tertiary alicyclic amines) is 1. The zero-order valence-corrected chi connectivity index (χ0v) is 12.2. The Morgan fingerprint density at radius 1 is 0.952 bits per heavy atom. The van der Waals surface area contributed by atoms with Crippen LogP contribution in [0, 0.1) is 0 Å². The van der Waals surface area contributed by atoms with E-state index in [1.54, 1.807) is 6.20 Å². The summed E-state index contributed by atoms with van der Waals surface area (Å²) >= 11 is 0. The summed E-state index contributed by atoms with van der Waals surface area (Å²) in [4.78, 5) is 14.6. The standard InChI is InChI=1S/C17H21N3O/c21-17(20-12-4-2-1-3-5-13-20)15-8-6-14(7-9-15)16-10-11-18-19-16/h6-11H,1-5,12-13H2,(H,18,19). The molecule has 1 saturated heterocycles. The van der Waals surface area contributed by atoms with E-state index >= 15 is 0 Å². The maximum atomic E-state index is 12.6. The third kappa shape index (κ3) is 3.32. The average Bonchev–Trinajstić information content (AvgIpc) is 3.01. The van der Waals surface area contributed by atoms with Crippen molar-refractivity contribution in [2.75, 3.05) is 13.1 Å². The SMILES string of the molecule is O=C(c1ccc(-c2ccn[nH]2)cc1)N1CCCCCCC1. The van der Waals surface area contributed by atoms with Gasteiger partial charge in [0, 0.05) is 24.8 Å². The van der Waals surface area contributed by atoms with Crippen LogP contribution in [0.2, 0.25) is 0 Å². The second kappa shape index (κ2) is 6.57. The fourth-order valence-corrected chi connectivity index (χ4v) is 2.84. The Morgan fingerprint density at radius 3 is 2.24 bits per heavy atom. The van der Waals surface area contributed by atoms with Gasteiger partial charge in [-0.05, 0) is 36.6 Å². The molecule has 1 fully saturated rings. The molecule has 1 aliphatic rings. The Kier molecular flexibility index (Phi) is 4.34. The van der Waals surface area contributed by atoms with Crippen molar-refractivity contribution in [2.45, 2.75) is 32.1 Å². The van der Waals surface area contributed by atoms with Gasteiger partial charge in [0.1, 0.15) is 0 Å². The molecule has 1 aromatic carbocycles. The Morgan fingerprint density at radius 2 is 1.62 bits per heavy atom. The minimum Gasteiger partial charge on any atom is -0.339 e. The molecule has 4 nitrogen and oxygen atoms in total. The first-order chi connectivity index (χ1) is 10.3. The lowest BCUT2D eigenvalue weighted by Gasteiger charge is -2.24. The fraction of sp³-hybridized carbons (Fsp3) is 0.412. The monoisotopic (exact) mass is 283 g/mol. The molecule has 3 rings (SSSR count). The number of nitrogens with one attached hydrogen (secondary N) is 1. The Balaban J connectivity index is 1.72. The highest BCUT2D eigenvalue weighted by molar-refractivity contribution is 5.94. The highest BCUT2D eigenvalue weighted by atomic mass is 16.2. The van der Waals surface area contributed by atoms with E-state index in [1.165, 1.54) is 19.3 Å². The Hall–Kier alpha value is -2.10. The lowest BCUT2D eigenvalue weighted by atomic mass is 10.1. The van der Waals surface area contributed by atoms with Gasteiger partial charge in [-0.2, -0.15) is 5.10 Å². The molecule has 21 heavy (non-hydrogen) atoms. The number of carbonyl (C=O) groups excluding carboxylic acids is 1. The van der Waals surface area contributed by atoms with Crippen LogP contribution in [0.4, 0.5) is 0 Å². The first-order valence-electron chi connectivity index (χ1n) is 7.74. The van der Waals surface area contributed by atoms with E-state index in [2.05, 4.69) is 10.2 Å². The first-order valence-corrected chi connectivity index (χ1v) is 7.74. The van der Waals surface area contributed by atoms with Crippen LogP contribution in [0.5, 0.6) is 0 Å². The van der Waals surface area contributed by atoms with Crippen LogP contribution in [-0.4, -0.2) is 34.1 Å². The second-order valence-electron chi connectivity index (χ2n) is 5.61. The van der Waals surface area contributed by atoms with Gasteiger partial charge in [0.25, 0.3) is 5.91 Å². The molecule has 1 aliphatic heterocycles. The minimum atomic E-state index is 0.160. The van der Waals surface area contributed by atoms with E-state index in [0.717, 1.165) is 42.8 Å². The number of H-pyrrole nitrogens is 1. The van der Waals surface area contributed by atoms with Crippen molar-refractivity contribution in [1.29, 1.82) is 0 Å². The van der Waals surface area contributed by atoms with Gasteiger partial charge in [-0.25, -0.2) is 0 Å². The zero-order valence-electron chi connectivity index (χ0n) is 12.2. The van der Waals surface area contributed by atoms with Crippen molar-refractivity contribution in [3.8, 4) is 11.3 Å². The summed E-state index contributed by atoms with van der Waals surface area (Å²) in [5.74, 6) is 0.160. The summed E-state index contributed by atoms with van der Waals surface area (Å²) in [6.45, 7) is 1.78. The largest absolute Gasteiger partial charge is 0.339 e. The number of benzene rings is 1. The maximum Gasteiger partial charge on any atom is 0.253 e. The summed E-state index contributed by atoms with van der Waals surface area (Å²) < 4.78 is 0. The van der Waals surface area contributed by atoms with Crippen LogP contribution in [0.15, 0.2) is 36.5 Å². The Labute approximate surface area is 125 Å². The molecule has 1 amide bonds. The summed E-state index contributed by atoms with van der Waals surface area (Å²) in [6.07, 6.45) is 7.76. The molecular weight excluding hydrogens is 262 g/mol. The van der Waals surface area contributed by atoms with Gasteiger partial charge in [-0.3, -0.25) is 9.89 Å². The number of aromatic nitrogens is 2. The Bertz CT molecular complexity index is 567. The normalized spacial score (nSPS) is 16.3. The molecule has 0 spiro atoms. The predicted octanol–water partition coefficient (Wildman–Crippen LogP) is 3.48. The molecule has 1 aromatic heterocycles. The molecule has 0 atom stereocenters. The molecule has 0 aliphatic carbocycles. The van der Waals surface area contributed by atoms with Gasteiger partial charge in [0.05, 0.1) is 5.69 Å². The molecule has 0 radical (unpaired) electrons. The van der Waals surface area contributed by atoms with Crippen molar-refractivity contribution in [3.05, 3.63) is 42.1 Å². The highest BCUT2D eigenvalue weighted by Gasteiger charge is 2.16. The third-order valence-electron chi connectivity index (χ3n) is 4.09. The van der Waals surface area contributed by atoms with E-state index in [1.807, 2.05) is 35.2 Å². The summed E-state index contributed by atoms with van der Waals surface area (Å²) in [7, 11) is 0. The van der Waals surface area contributed by atoms with Crippen molar-refractivity contribution in [1.82, 2.24) is 15.1 Å². The van der Waals surface area contributed by atoms with E-state index in [0.29, 0.717) is 0 Å². The molecule has 0 bridgehead atoms. The molecule has 2 heterocycles. The number of hydrogen-bond acceptors (Lipinski definition) is 2. The van der Waals surface area contributed by atoms with Crippen molar-refractivity contribution < 1.29 is 4.79 Å². The van der Waals surface area contributed by atoms with E-state index in [-0.39, 0.29) is 5.91 Å². The fourth-order valence-electron chi connectivity index (χ4n) is 2.84. The van der Waals surface area contributed by atoms with E-state index in [9.17, 15) is 4.79 Å². The van der Waals surface area contributed by atoms with E-state index < -0.39 is 0 Å². The van der Waals surface area contributed by atoms with Gasteiger partial charge < -0.3 is 4.90 Å². The average molecular weight is 283 g/mol. The number of rotatable bonds is 2. The van der Waals surface area contributed by atoms with Gasteiger partial charge in [-0.1, -0.05) is 31.4 Å². The van der Waals surface area contributed by atoms with Gasteiger partial charge in [0.2, 0.25) is 0 Å². The van der Waals surface area contributed by atoms with E-state index in [4.69, 9.17) is 0 Å². The number of amides is 1. The molecule has 4 heteroatoms. The van der Waals surface area contributed by atoms with Crippen LogP contribution >= 0.6 is 0 Å². The van der Waals surface area contributed by atoms with Crippen LogP contribution in [-0.2, 0) is 0 Å². The molecule has 110 valence electrons. The topological polar surface area (TPSA) is 49.0 Å². The number of hydrogen-bond donors (Lipinski definition) is 1. The van der Waals surface area contributed by atoms with Gasteiger partial charge >= 0.3 is 0 Å². The molecule has 0 unspecified atom stereocenters. The van der Waals surface area contributed by atoms with Crippen molar-refractivity contribution >= 4 is 5.91 Å². The molecular formula is C17H21N3O. The quantitative estimate of drug-likeness (QED) is 0.917. The summed E-state index contributed by atoms with van der Waals surface area (Å²) in [5, 5.41) is 6.88. The number of nitrogens with zero attached hydrogens (tertiary/aromatic N) is 2. The molecule has 2 aromatic rings. The summed E-state index contributed by atoms with van der Waals surface area (Å²) in [5.41, 5.74) is 2.80. The zero-order chi connectivity index (χ0) is 14.5. The predicted molar refractivity (Wildman–Crippen MR) is 83.0 cm³/mol. The number of carbonyl (C=O) groups is 1. The van der Waals surface area contributed by atoms with Crippen molar-refractivity contribution in [3.63, 3.8) is 0 Å². The molecule has 1 N–H and O–H groups in total. The summed E-state index contributed by atoms with van der Waals surface area (Å²) in [6, 6.07) is 9.71. The van der Waals surface area contributed by atoms with Gasteiger partial charge in [-0.15, -0.1) is 0 Å². The maximum absolute atomic E-state index is 12.6. The highest BCUT2D eigenvalue weighted by Crippen LogP contribution is 2.18. The van der Waals surface area contributed by atoms with Gasteiger partial charge in [0.15, 0.2) is 0 Å². The van der Waals surface area contributed by atoms with Crippen LogP contribution < -0.4 is 0 Å². The first kappa shape index (κ1) is 13.9. The van der Waals surface area contributed by atoms with Crippen molar-refractivity contribution in [2.24, 2.45) is 0 Å². The van der Waals surface area contributed by atoms with Crippen LogP contribution in [0.1, 0.15) is 42.5 Å². The molecule has 0 saturated carbocycles. The smallest absolute Gasteiger partial charge is 0.253 e. The lowest BCUT2D eigenvalue weighted by molar-refractivity contribution is 0.0742. The second-order valence-corrected chi connectivity index (χ2v) is 5.61. The lowest BCUT2D eigenvalue weighted by Crippen LogP contribution is -2.33.